The van der Waals surface area contributed by atoms with Gasteiger partial charge in [0.25, 0.3) is 0 Å². The third kappa shape index (κ3) is 3.03. The average molecular weight is 612 g/mol. The normalized spacial score (nSPS) is 22.3. The molecular weight excluding hydrogens is 596 g/mol. The zero-order chi connectivity index (χ0) is 25.2. The molecule has 0 aliphatic carbocycles. The van der Waals surface area contributed by atoms with E-state index in [4.69, 9.17) is 0 Å². The summed E-state index contributed by atoms with van der Waals surface area (Å²) in [6, 6.07) is 9.03. The standard InChI is InChI=1S/2C12H8N2.F6P.Pd/c2*1-3-9-5-6-10-4-2-8-14-12(10)11(9)13-7-1;1-7(2,3,4,5)6;/h2*1-8H;;/q2*-2;-1;+4. The molecule has 190 valence electrons. The van der Waals surface area contributed by atoms with Gasteiger partial charge >= 0.3 is 205 Å². The Morgan fingerprint density at radius 3 is 0.889 bits per heavy atom. The third-order valence-electron chi connectivity index (χ3n) is 5.98. The second-order valence-electron chi connectivity index (χ2n) is 8.38. The van der Waals surface area contributed by atoms with Crippen molar-refractivity contribution in [2.45, 2.75) is 0 Å². The molecule has 0 unspecified atom stereocenters. The second-order valence-corrected chi connectivity index (χ2v) is 15.2. The van der Waals surface area contributed by atoms with Crippen LogP contribution in [0.3, 0.4) is 0 Å². The molecule has 0 aromatic heterocycles. The molecule has 8 rings (SSSR count). The van der Waals surface area contributed by atoms with Crippen LogP contribution in [-0.4, -0.2) is 0 Å². The van der Waals surface area contributed by atoms with Gasteiger partial charge in [-0.1, -0.05) is 0 Å². The van der Waals surface area contributed by atoms with Gasteiger partial charge in [-0.2, -0.15) is 0 Å². The van der Waals surface area contributed by atoms with E-state index < -0.39 is 24.3 Å². The molecule has 6 heterocycles. The van der Waals surface area contributed by atoms with Gasteiger partial charge in [-0.25, -0.2) is 0 Å². The molecule has 0 bridgehead atoms. The molecular formula is C24H16F6N4PPd-. The van der Waals surface area contributed by atoms with E-state index in [-0.39, 0.29) is 0 Å². The molecule has 12 heteroatoms. The van der Waals surface area contributed by atoms with Crippen molar-refractivity contribution in [3.8, 4) is 0 Å². The number of allylic oxidation sites excluding steroid dienone is 4. The minimum atomic E-state index is -10.7. The van der Waals surface area contributed by atoms with Gasteiger partial charge in [0.2, 0.25) is 0 Å². The molecule has 6 aliphatic heterocycles. The van der Waals surface area contributed by atoms with Crippen LogP contribution in [0, 0.1) is 0 Å². The quantitative estimate of drug-likeness (QED) is 0.235. The molecule has 36 heavy (non-hydrogen) atoms. The first-order valence-electron chi connectivity index (χ1n) is 10.6. The first-order valence-corrected chi connectivity index (χ1v) is 15.5. The van der Waals surface area contributed by atoms with E-state index in [1.807, 2.05) is 0 Å². The molecule has 0 N–H and O–H groups in total. The predicted molar refractivity (Wildman–Crippen MR) is 129 cm³/mol. The summed E-state index contributed by atoms with van der Waals surface area (Å²) in [6.07, 6.45) is 26.9. The molecule has 2 aromatic rings. The Morgan fingerprint density at radius 2 is 0.667 bits per heavy atom. The van der Waals surface area contributed by atoms with Crippen molar-refractivity contribution < 1.29 is 41.7 Å². The summed E-state index contributed by atoms with van der Waals surface area (Å²) in [6.45, 7) is 0. The Labute approximate surface area is 204 Å². The van der Waals surface area contributed by atoms with Crippen LogP contribution in [0.4, 0.5) is 47.9 Å². The Balaban J connectivity index is 0.000000281. The number of fused-ring (bicyclic) bond motifs is 4. The minimum absolute atomic E-state index is 1.30. The summed E-state index contributed by atoms with van der Waals surface area (Å²) in [7, 11) is -10.7. The Bertz CT molecular complexity index is 1530. The van der Waals surface area contributed by atoms with Crippen molar-refractivity contribution in [2.24, 2.45) is 0 Å². The zero-order valence-corrected chi connectivity index (χ0v) is 20.5. The van der Waals surface area contributed by atoms with Crippen LogP contribution in [0.1, 0.15) is 0 Å². The molecule has 0 saturated heterocycles. The van der Waals surface area contributed by atoms with Crippen molar-refractivity contribution in [1.29, 1.82) is 0 Å². The number of rotatable bonds is 0. The van der Waals surface area contributed by atoms with Crippen LogP contribution in [-0.2, 0) is 16.5 Å². The van der Waals surface area contributed by atoms with E-state index in [2.05, 4.69) is 112 Å². The first kappa shape index (κ1) is 22.0. The zero-order valence-electron chi connectivity index (χ0n) is 18.1. The maximum absolute atomic E-state index is 10.7. The van der Waals surface area contributed by atoms with Gasteiger partial charge in [0.1, 0.15) is 0 Å². The Morgan fingerprint density at radius 1 is 0.444 bits per heavy atom. The van der Waals surface area contributed by atoms with Gasteiger partial charge < -0.3 is 0 Å². The van der Waals surface area contributed by atoms with Crippen LogP contribution >= 0.6 is 7.81 Å². The molecule has 2 aromatic carbocycles. The topological polar surface area (TPSA) is 13.0 Å². The molecule has 6 aliphatic rings. The van der Waals surface area contributed by atoms with Crippen molar-refractivity contribution in [2.75, 3.05) is 14.1 Å². The van der Waals surface area contributed by atoms with Crippen molar-refractivity contribution >= 4 is 54.9 Å². The number of hydrogen-bond acceptors (Lipinski definition) is 4. The van der Waals surface area contributed by atoms with Gasteiger partial charge in [-0.15, -0.1) is 0 Å². The third-order valence-corrected chi connectivity index (χ3v) is 12.3. The molecule has 0 fully saturated rings. The fourth-order valence-corrected chi connectivity index (χ4v) is 12.1. The number of anilines is 4. The average Bonchev–Trinajstić information content (AvgIpc) is 3.29. The van der Waals surface area contributed by atoms with Crippen molar-refractivity contribution in [3.05, 3.63) is 94.2 Å². The molecule has 1 spiro atoms. The van der Waals surface area contributed by atoms with Crippen molar-refractivity contribution in [1.82, 2.24) is 0 Å². The summed E-state index contributed by atoms with van der Waals surface area (Å²) < 4.78 is 69.5. The molecule has 0 atom stereocenters. The van der Waals surface area contributed by atoms with Gasteiger partial charge in [-0.3, -0.25) is 0 Å². The summed E-state index contributed by atoms with van der Waals surface area (Å²) in [4.78, 5) is 0. The van der Waals surface area contributed by atoms with Crippen LogP contribution in [0.15, 0.2) is 73.4 Å². The first-order chi connectivity index (χ1) is 16.8. The number of hydrogen-bond donors (Lipinski definition) is 0. The molecule has 0 amide bonds. The SMILES string of the molecule is C1=C[N]2c3c4c(ccc3=C1)=CC=C[N]4[Pd]21[N]2C=CC=c3ccc4c(c32)[N]1C=CC=4.F[P-](F)(F)(F)(F)F. The van der Waals surface area contributed by atoms with Crippen molar-refractivity contribution in [3.63, 3.8) is 0 Å². The van der Waals surface area contributed by atoms with E-state index >= 15 is 0 Å². The fraction of sp³-hybridized carbons (Fsp3) is 0. The number of nitrogens with zero attached hydrogens (tertiary/aromatic N) is 4. The summed E-state index contributed by atoms with van der Waals surface area (Å²) in [5.74, 6) is 0. The van der Waals surface area contributed by atoms with Gasteiger partial charge in [0.05, 0.1) is 0 Å². The Hall–Kier alpha value is -3.25. The maximum atomic E-state index is 9.87. The fourth-order valence-electron chi connectivity index (χ4n) is 4.84. The van der Waals surface area contributed by atoms with Crippen LogP contribution in [0.2, 0.25) is 0 Å². The van der Waals surface area contributed by atoms with E-state index in [0.29, 0.717) is 0 Å². The molecule has 4 nitrogen and oxygen atoms in total. The van der Waals surface area contributed by atoms with Crippen LogP contribution in [0.5, 0.6) is 0 Å². The van der Waals surface area contributed by atoms with E-state index in [0.717, 1.165) is 0 Å². The van der Waals surface area contributed by atoms with Crippen LogP contribution in [0.25, 0.3) is 24.3 Å². The molecule has 0 saturated carbocycles. The van der Waals surface area contributed by atoms with E-state index in [9.17, 15) is 25.2 Å². The van der Waals surface area contributed by atoms with Gasteiger partial charge in [-0.05, 0) is 0 Å². The summed E-state index contributed by atoms with van der Waals surface area (Å²) in [5.41, 5.74) is 5.35. The number of benzene rings is 2. The van der Waals surface area contributed by atoms with E-state index in [1.54, 1.807) is 0 Å². The monoisotopic (exact) mass is 611 g/mol. The second kappa shape index (κ2) is 6.17. The summed E-state index contributed by atoms with van der Waals surface area (Å²) >= 11 is -2.78. The Kier molecular flexibility index (Phi) is 3.77. The van der Waals surface area contributed by atoms with Gasteiger partial charge in [0, 0.05) is 0 Å². The summed E-state index contributed by atoms with van der Waals surface area (Å²) in [5, 5.41) is 5.18. The number of halogens is 6. The van der Waals surface area contributed by atoms with Crippen LogP contribution < -0.4 is 35.0 Å². The van der Waals surface area contributed by atoms with E-state index in [1.165, 1.54) is 43.6 Å². The molecule has 0 radical (unpaired) electrons. The van der Waals surface area contributed by atoms with Gasteiger partial charge in [0.15, 0.2) is 0 Å². The predicted octanol–water partition coefficient (Wildman–Crippen LogP) is 5.07.